The van der Waals surface area contributed by atoms with E-state index in [1.165, 1.54) is 0 Å². The first-order chi connectivity index (χ1) is 7.47. The van der Waals surface area contributed by atoms with Crippen LogP contribution in [0.2, 0.25) is 0 Å². The number of carbonyl (C=O) groups is 1. The fourth-order valence-corrected chi connectivity index (χ4v) is 2.51. The number of carboxylic acids is 1. The highest BCUT2D eigenvalue weighted by Gasteiger charge is 2.34. The summed E-state index contributed by atoms with van der Waals surface area (Å²) in [5.74, 6) is -0.797. The summed E-state index contributed by atoms with van der Waals surface area (Å²) in [6.45, 7) is 5.31. The Morgan fingerprint density at radius 2 is 1.71 bits per heavy atom. The molecule has 17 heavy (non-hydrogen) atoms. The highest BCUT2D eigenvalue weighted by atomic mass is 35.6. The van der Waals surface area contributed by atoms with E-state index in [1.54, 1.807) is 13.8 Å². The predicted octanol–water partition coefficient (Wildman–Crippen LogP) is 4.88. The number of hydrogen-bond acceptors (Lipinski definition) is 1. The molecule has 2 nitrogen and oxygen atoms in total. The van der Waals surface area contributed by atoms with Gasteiger partial charge in [-0.15, -0.1) is 11.6 Å². The minimum Gasteiger partial charge on any atom is -0.481 e. The van der Waals surface area contributed by atoms with Gasteiger partial charge in [-0.2, -0.15) is 0 Å². The van der Waals surface area contributed by atoms with Gasteiger partial charge in [-0.1, -0.05) is 41.7 Å². The van der Waals surface area contributed by atoms with Crippen molar-refractivity contribution in [2.75, 3.05) is 0 Å². The maximum atomic E-state index is 11.0. The van der Waals surface area contributed by atoms with Gasteiger partial charge >= 0.3 is 5.97 Å². The van der Waals surface area contributed by atoms with Crippen molar-refractivity contribution in [2.45, 2.75) is 49.2 Å². The molecule has 0 aliphatic rings. The Bertz CT molecular complexity index is 261. The van der Waals surface area contributed by atoms with Crippen molar-refractivity contribution in [2.24, 2.45) is 11.3 Å². The third kappa shape index (κ3) is 6.95. The lowest BCUT2D eigenvalue weighted by Crippen LogP contribution is -2.31. The van der Waals surface area contributed by atoms with Gasteiger partial charge < -0.3 is 5.11 Å². The lowest BCUT2D eigenvalue weighted by Gasteiger charge is -2.28. The van der Waals surface area contributed by atoms with Gasteiger partial charge in [-0.3, -0.25) is 4.79 Å². The standard InChI is InChI=1S/C11H18Cl4O2/c1-7(10(2,3)9(16)17)4-5-8(12)6-11(13,14)15/h7-8H,4-6H2,1-3H3,(H,16,17). The number of halogens is 4. The molecule has 0 heterocycles. The summed E-state index contributed by atoms with van der Waals surface area (Å²) < 4.78 is -1.35. The molecule has 0 aromatic carbocycles. The van der Waals surface area contributed by atoms with E-state index in [9.17, 15) is 4.79 Å². The number of rotatable bonds is 6. The van der Waals surface area contributed by atoms with Crippen LogP contribution in [0.5, 0.6) is 0 Å². The van der Waals surface area contributed by atoms with Crippen LogP contribution in [0.15, 0.2) is 0 Å². The first kappa shape index (κ1) is 17.6. The molecule has 0 saturated carbocycles. The molecule has 0 amide bonds. The maximum Gasteiger partial charge on any atom is 0.309 e. The van der Waals surface area contributed by atoms with E-state index in [0.29, 0.717) is 12.8 Å². The zero-order valence-corrected chi connectivity index (χ0v) is 13.2. The van der Waals surface area contributed by atoms with Crippen molar-refractivity contribution in [3.05, 3.63) is 0 Å². The van der Waals surface area contributed by atoms with Crippen LogP contribution in [0.1, 0.15) is 40.0 Å². The topological polar surface area (TPSA) is 37.3 Å². The summed E-state index contributed by atoms with van der Waals surface area (Å²) in [7, 11) is 0. The highest BCUT2D eigenvalue weighted by Crippen LogP contribution is 2.36. The van der Waals surface area contributed by atoms with Crippen LogP contribution in [0.25, 0.3) is 0 Å². The van der Waals surface area contributed by atoms with E-state index in [2.05, 4.69) is 0 Å². The van der Waals surface area contributed by atoms with Gasteiger partial charge in [0.15, 0.2) is 3.79 Å². The molecule has 2 atom stereocenters. The number of aliphatic carboxylic acids is 1. The number of carboxylic acid groups (broad SMARTS) is 1. The van der Waals surface area contributed by atoms with Gasteiger partial charge in [0.05, 0.1) is 5.41 Å². The van der Waals surface area contributed by atoms with E-state index in [4.69, 9.17) is 51.5 Å². The minimum absolute atomic E-state index is 0.0108. The van der Waals surface area contributed by atoms with Crippen LogP contribution in [0.3, 0.4) is 0 Å². The van der Waals surface area contributed by atoms with E-state index < -0.39 is 15.2 Å². The first-order valence-corrected chi connectivity index (χ1v) is 6.98. The molecule has 0 saturated heterocycles. The van der Waals surface area contributed by atoms with Crippen LogP contribution < -0.4 is 0 Å². The largest absolute Gasteiger partial charge is 0.481 e. The fraction of sp³-hybridized carbons (Fsp3) is 0.909. The summed E-state index contributed by atoms with van der Waals surface area (Å²) in [4.78, 5) is 11.0. The second-order valence-electron chi connectivity index (χ2n) is 4.92. The van der Waals surface area contributed by atoms with E-state index in [0.717, 1.165) is 0 Å². The highest BCUT2D eigenvalue weighted by molar-refractivity contribution is 6.67. The van der Waals surface area contributed by atoms with Crippen molar-refractivity contribution >= 4 is 52.4 Å². The third-order valence-corrected chi connectivity index (χ3v) is 3.98. The van der Waals surface area contributed by atoms with Crippen LogP contribution in [-0.2, 0) is 4.79 Å². The molecule has 0 rings (SSSR count). The Morgan fingerprint density at radius 1 is 1.24 bits per heavy atom. The summed E-state index contributed by atoms with van der Waals surface area (Å²) in [6.07, 6.45) is 1.58. The second-order valence-corrected chi connectivity index (χ2v) is 8.06. The molecule has 0 spiro atoms. The Labute approximate surface area is 123 Å². The molecule has 0 aromatic rings. The molecule has 0 aliphatic carbocycles. The van der Waals surface area contributed by atoms with Gasteiger partial charge in [0, 0.05) is 11.8 Å². The van der Waals surface area contributed by atoms with Crippen LogP contribution in [0.4, 0.5) is 0 Å². The van der Waals surface area contributed by atoms with Crippen molar-refractivity contribution in [3.63, 3.8) is 0 Å². The van der Waals surface area contributed by atoms with Crippen LogP contribution >= 0.6 is 46.4 Å². The van der Waals surface area contributed by atoms with Crippen molar-refractivity contribution in [1.82, 2.24) is 0 Å². The van der Waals surface area contributed by atoms with Gasteiger partial charge in [-0.25, -0.2) is 0 Å². The molecular weight excluding hydrogens is 306 g/mol. The Hall–Kier alpha value is 0.630. The smallest absolute Gasteiger partial charge is 0.309 e. The van der Waals surface area contributed by atoms with Gasteiger partial charge in [0.25, 0.3) is 0 Å². The first-order valence-electron chi connectivity index (χ1n) is 5.41. The molecule has 102 valence electrons. The van der Waals surface area contributed by atoms with Crippen LogP contribution in [-0.4, -0.2) is 20.2 Å². The average molecular weight is 324 g/mol. The predicted molar refractivity (Wildman–Crippen MR) is 74.4 cm³/mol. The average Bonchev–Trinajstić information content (AvgIpc) is 2.10. The van der Waals surface area contributed by atoms with Gasteiger partial charge in [0.2, 0.25) is 0 Å². The van der Waals surface area contributed by atoms with Crippen LogP contribution in [0, 0.1) is 11.3 Å². The Morgan fingerprint density at radius 3 is 2.06 bits per heavy atom. The summed E-state index contributed by atoms with van der Waals surface area (Å²) in [6, 6.07) is 0. The monoisotopic (exact) mass is 322 g/mol. The number of hydrogen-bond donors (Lipinski definition) is 1. The summed E-state index contributed by atoms with van der Waals surface area (Å²) >= 11 is 22.9. The van der Waals surface area contributed by atoms with Crippen molar-refractivity contribution < 1.29 is 9.90 Å². The lowest BCUT2D eigenvalue weighted by atomic mass is 9.77. The Balaban J connectivity index is 4.17. The van der Waals surface area contributed by atoms with Crippen molar-refractivity contribution in [3.8, 4) is 0 Å². The molecule has 0 aromatic heterocycles. The number of alkyl halides is 4. The Kier molecular flexibility index (Phi) is 6.95. The summed E-state index contributed by atoms with van der Waals surface area (Å²) in [5.41, 5.74) is -0.767. The molecule has 2 unspecified atom stereocenters. The fourth-order valence-electron chi connectivity index (χ4n) is 1.36. The maximum absolute atomic E-state index is 11.0. The zero-order valence-electron chi connectivity index (χ0n) is 10.1. The minimum atomic E-state index is -1.35. The molecule has 6 heteroatoms. The molecular formula is C11H18Cl4O2. The normalized spacial score (nSPS) is 16.6. The van der Waals surface area contributed by atoms with E-state index in [1.807, 2.05) is 6.92 Å². The molecule has 0 bridgehead atoms. The summed E-state index contributed by atoms with van der Waals surface area (Å²) in [5, 5.41) is 8.81. The van der Waals surface area contributed by atoms with E-state index >= 15 is 0 Å². The van der Waals surface area contributed by atoms with Gasteiger partial charge in [-0.05, 0) is 32.6 Å². The molecule has 1 N–H and O–H groups in total. The van der Waals surface area contributed by atoms with Gasteiger partial charge in [0.1, 0.15) is 0 Å². The third-order valence-electron chi connectivity index (χ3n) is 3.15. The molecule has 0 radical (unpaired) electrons. The van der Waals surface area contributed by atoms with Crippen molar-refractivity contribution in [1.29, 1.82) is 0 Å². The zero-order chi connectivity index (χ0) is 13.9. The lowest BCUT2D eigenvalue weighted by molar-refractivity contribution is -0.149. The SMILES string of the molecule is CC(CCC(Cl)CC(Cl)(Cl)Cl)C(C)(C)C(=O)O. The quantitative estimate of drug-likeness (QED) is 0.707. The van der Waals surface area contributed by atoms with E-state index in [-0.39, 0.29) is 17.7 Å². The molecule has 0 aliphatic heterocycles. The second kappa shape index (κ2) is 6.70. The molecule has 0 fully saturated rings.